The van der Waals surface area contributed by atoms with Gasteiger partial charge in [0.25, 0.3) is 0 Å². The summed E-state index contributed by atoms with van der Waals surface area (Å²) in [7, 11) is 0. The standard InChI is InChI=1S/C11H14F3N/c1-6(2)10-9(11(12,13)14)5-7(3)8(4)15-10/h5-6H,1-4H3. The van der Waals surface area contributed by atoms with Crippen molar-refractivity contribution in [1.82, 2.24) is 4.98 Å². The Kier molecular flexibility index (Phi) is 3.07. The second kappa shape index (κ2) is 3.83. The van der Waals surface area contributed by atoms with Gasteiger partial charge in [-0.15, -0.1) is 0 Å². The fourth-order valence-corrected chi connectivity index (χ4v) is 1.39. The minimum absolute atomic E-state index is 0.130. The average molecular weight is 217 g/mol. The molecule has 0 aromatic carbocycles. The van der Waals surface area contributed by atoms with Crippen LogP contribution in [0.15, 0.2) is 6.07 Å². The number of alkyl halides is 3. The van der Waals surface area contributed by atoms with E-state index in [4.69, 9.17) is 0 Å². The zero-order chi connectivity index (χ0) is 11.8. The Morgan fingerprint density at radius 3 is 2.13 bits per heavy atom. The minimum Gasteiger partial charge on any atom is -0.257 e. The Morgan fingerprint density at radius 1 is 1.20 bits per heavy atom. The predicted molar refractivity (Wildman–Crippen MR) is 52.8 cm³/mol. The van der Waals surface area contributed by atoms with E-state index in [1.165, 1.54) is 6.07 Å². The molecule has 0 unspecified atom stereocenters. The van der Waals surface area contributed by atoms with Gasteiger partial charge in [-0.05, 0) is 31.4 Å². The van der Waals surface area contributed by atoms with Crippen LogP contribution in [0.1, 0.15) is 42.3 Å². The summed E-state index contributed by atoms with van der Waals surface area (Å²) < 4.78 is 38.0. The number of rotatable bonds is 1. The van der Waals surface area contributed by atoms with Crippen LogP contribution in [0.3, 0.4) is 0 Å². The van der Waals surface area contributed by atoms with Crippen molar-refractivity contribution in [1.29, 1.82) is 0 Å². The van der Waals surface area contributed by atoms with Crippen molar-refractivity contribution >= 4 is 0 Å². The first kappa shape index (κ1) is 12.0. The summed E-state index contributed by atoms with van der Waals surface area (Å²) in [6.45, 7) is 6.79. The van der Waals surface area contributed by atoms with Gasteiger partial charge < -0.3 is 0 Å². The molecular formula is C11H14F3N. The largest absolute Gasteiger partial charge is 0.418 e. The summed E-state index contributed by atoms with van der Waals surface area (Å²) in [4.78, 5) is 4.02. The molecule has 1 rings (SSSR count). The molecule has 0 saturated heterocycles. The molecule has 15 heavy (non-hydrogen) atoms. The van der Waals surface area contributed by atoms with Crippen LogP contribution in [-0.2, 0) is 6.18 Å². The van der Waals surface area contributed by atoms with Crippen LogP contribution >= 0.6 is 0 Å². The highest BCUT2D eigenvalue weighted by Crippen LogP contribution is 2.35. The molecule has 0 bridgehead atoms. The van der Waals surface area contributed by atoms with Crippen molar-refractivity contribution in [2.24, 2.45) is 0 Å². The SMILES string of the molecule is Cc1cc(C(F)(F)F)c(C(C)C)nc1C. The van der Waals surface area contributed by atoms with Gasteiger partial charge in [0.15, 0.2) is 0 Å². The Balaban J connectivity index is 3.42. The summed E-state index contributed by atoms with van der Waals surface area (Å²) >= 11 is 0. The lowest BCUT2D eigenvalue weighted by Gasteiger charge is -2.16. The Morgan fingerprint density at radius 2 is 1.73 bits per heavy atom. The topological polar surface area (TPSA) is 12.9 Å². The third-order valence-electron chi connectivity index (χ3n) is 2.35. The summed E-state index contributed by atoms with van der Waals surface area (Å²) in [5.74, 6) is -0.221. The van der Waals surface area contributed by atoms with Gasteiger partial charge in [0, 0.05) is 5.69 Å². The number of nitrogens with zero attached hydrogens (tertiary/aromatic N) is 1. The van der Waals surface area contributed by atoms with Gasteiger partial charge >= 0.3 is 6.18 Å². The zero-order valence-corrected chi connectivity index (χ0v) is 9.24. The van der Waals surface area contributed by atoms with E-state index in [0.717, 1.165) is 0 Å². The van der Waals surface area contributed by atoms with E-state index in [9.17, 15) is 13.2 Å². The average Bonchev–Trinajstić information content (AvgIpc) is 2.06. The first-order valence-corrected chi connectivity index (χ1v) is 4.78. The van der Waals surface area contributed by atoms with Crippen LogP contribution in [0, 0.1) is 13.8 Å². The predicted octanol–water partition coefficient (Wildman–Crippen LogP) is 3.84. The van der Waals surface area contributed by atoms with Crippen LogP contribution in [0.5, 0.6) is 0 Å². The van der Waals surface area contributed by atoms with Crippen LogP contribution in [0.25, 0.3) is 0 Å². The molecule has 0 aliphatic carbocycles. The molecule has 1 nitrogen and oxygen atoms in total. The number of hydrogen-bond donors (Lipinski definition) is 0. The summed E-state index contributed by atoms with van der Waals surface area (Å²) in [5.41, 5.74) is 0.754. The number of aryl methyl sites for hydroxylation is 2. The molecular weight excluding hydrogens is 203 g/mol. The molecule has 0 spiro atoms. The van der Waals surface area contributed by atoms with Gasteiger partial charge in [-0.2, -0.15) is 13.2 Å². The van der Waals surface area contributed by atoms with Crippen molar-refractivity contribution in [3.63, 3.8) is 0 Å². The normalized spacial score (nSPS) is 12.3. The van der Waals surface area contributed by atoms with E-state index < -0.39 is 11.7 Å². The van der Waals surface area contributed by atoms with E-state index >= 15 is 0 Å². The van der Waals surface area contributed by atoms with E-state index in [-0.39, 0.29) is 11.6 Å². The van der Waals surface area contributed by atoms with Crippen molar-refractivity contribution in [3.05, 3.63) is 28.6 Å². The lowest BCUT2D eigenvalue weighted by atomic mass is 10.0. The van der Waals surface area contributed by atoms with Gasteiger partial charge in [-0.25, -0.2) is 0 Å². The third kappa shape index (κ3) is 2.49. The molecule has 0 N–H and O–H groups in total. The third-order valence-corrected chi connectivity index (χ3v) is 2.35. The quantitative estimate of drug-likeness (QED) is 0.696. The van der Waals surface area contributed by atoms with Crippen LogP contribution < -0.4 is 0 Å². The highest BCUT2D eigenvalue weighted by Gasteiger charge is 2.35. The maximum absolute atomic E-state index is 12.7. The second-order valence-corrected chi connectivity index (χ2v) is 3.98. The number of halogens is 3. The lowest BCUT2D eigenvalue weighted by molar-refractivity contribution is -0.138. The maximum Gasteiger partial charge on any atom is 0.418 e. The van der Waals surface area contributed by atoms with Crippen molar-refractivity contribution in [2.45, 2.75) is 39.8 Å². The molecule has 84 valence electrons. The van der Waals surface area contributed by atoms with Crippen LogP contribution in [0.2, 0.25) is 0 Å². The van der Waals surface area contributed by atoms with Gasteiger partial charge in [0.05, 0.1) is 11.3 Å². The first-order chi connectivity index (χ1) is 6.73. The Labute approximate surface area is 87.3 Å². The molecule has 0 aliphatic heterocycles. The van der Waals surface area contributed by atoms with Gasteiger partial charge in [0.2, 0.25) is 0 Å². The van der Waals surface area contributed by atoms with E-state index in [0.29, 0.717) is 11.3 Å². The number of pyridine rings is 1. The van der Waals surface area contributed by atoms with E-state index in [2.05, 4.69) is 4.98 Å². The van der Waals surface area contributed by atoms with Gasteiger partial charge in [-0.1, -0.05) is 13.8 Å². The fraction of sp³-hybridized carbons (Fsp3) is 0.545. The molecule has 0 radical (unpaired) electrons. The number of aromatic nitrogens is 1. The molecule has 1 aromatic heterocycles. The molecule has 0 fully saturated rings. The van der Waals surface area contributed by atoms with Crippen LogP contribution in [0.4, 0.5) is 13.2 Å². The molecule has 1 heterocycles. The monoisotopic (exact) mass is 217 g/mol. The lowest BCUT2D eigenvalue weighted by Crippen LogP contribution is -2.13. The molecule has 0 amide bonds. The molecule has 4 heteroatoms. The van der Waals surface area contributed by atoms with Gasteiger partial charge in [0.1, 0.15) is 0 Å². The van der Waals surface area contributed by atoms with E-state index in [1.807, 2.05) is 0 Å². The fourth-order valence-electron chi connectivity index (χ4n) is 1.39. The highest BCUT2D eigenvalue weighted by atomic mass is 19.4. The zero-order valence-electron chi connectivity index (χ0n) is 9.24. The number of hydrogen-bond acceptors (Lipinski definition) is 1. The molecule has 0 atom stereocenters. The second-order valence-electron chi connectivity index (χ2n) is 3.98. The summed E-state index contributed by atoms with van der Waals surface area (Å²) in [6, 6.07) is 1.18. The van der Waals surface area contributed by atoms with Crippen LogP contribution in [-0.4, -0.2) is 4.98 Å². The highest BCUT2D eigenvalue weighted by molar-refractivity contribution is 5.33. The molecule has 1 aromatic rings. The van der Waals surface area contributed by atoms with E-state index in [1.54, 1.807) is 27.7 Å². The van der Waals surface area contributed by atoms with Crippen molar-refractivity contribution in [3.8, 4) is 0 Å². The van der Waals surface area contributed by atoms with Gasteiger partial charge in [-0.3, -0.25) is 4.98 Å². The Bertz CT molecular complexity index is 367. The summed E-state index contributed by atoms with van der Waals surface area (Å²) in [6.07, 6.45) is -4.31. The Hall–Kier alpha value is -1.06. The minimum atomic E-state index is -4.31. The molecule has 0 aliphatic rings. The first-order valence-electron chi connectivity index (χ1n) is 4.78. The van der Waals surface area contributed by atoms with Crippen molar-refractivity contribution < 1.29 is 13.2 Å². The smallest absolute Gasteiger partial charge is 0.257 e. The summed E-state index contributed by atoms with van der Waals surface area (Å²) in [5, 5.41) is 0. The molecule has 0 saturated carbocycles. The van der Waals surface area contributed by atoms with Crippen molar-refractivity contribution in [2.75, 3.05) is 0 Å². The maximum atomic E-state index is 12.7.